The van der Waals surface area contributed by atoms with E-state index in [0.717, 1.165) is 11.1 Å². The Morgan fingerprint density at radius 2 is 1.74 bits per heavy atom. The van der Waals surface area contributed by atoms with Gasteiger partial charge < -0.3 is 30.9 Å². The number of nitrogens with zero attached hydrogens (tertiary/aromatic N) is 1. The molecule has 0 radical (unpaired) electrons. The second-order valence-electron chi connectivity index (χ2n) is 7.54. The molecule has 0 bridgehead atoms. The molecule has 8 nitrogen and oxygen atoms in total. The standard InChI is InChI=1S/C23H29N3O5/c24-14-19-13-20(27)7-5-16(19)6-8-21(28)15-25-22(29)17-1-3-18(4-2-17)23(30)26-9-11-31-12-10-26/h1-5,7,13,21,27-28H,6,8-12,14-15,24H2,(H,25,29)/t21-/m0/s1. The lowest BCUT2D eigenvalue weighted by atomic mass is 10.0. The third kappa shape index (κ3) is 6.27. The van der Waals surface area contributed by atoms with Crippen LogP contribution in [0.3, 0.4) is 0 Å². The molecule has 3 rings (SSSR count). The van der Waals surface area contributed by atoms with Crippen LogP contribution < -0.4 is 11.1 Å². The number of carbonyl (C=O) groups is 2. The molecule has 1 aliphatic rings. The van der Waals surface area contributed by atoms with E-state index in [4.69, 9.17) is 10.5 Å². The minimum atomic E-state index is -0.717. The van der Waals surface area contributed by atoms with Crippen LogP contribution in [0.2, 0.25) is 0 Å². The zero-order valence-electron chi connectivity index (χ0n) is 17.4. The van der Waals surface area contributed by atoms with Gasteiger partial charge in [0.05, 0.1) is 19.3 Å². The van der Waals surface area contributed by atoms with Crippen LogP contribution in [0.5, 0.6) is 5.75 Å². The Balaban J connectivity index is 1.47. The van der Waals surface area contributed by atoms with Crippen molar-refractivity contribution >= 4 is 11.8 Å². The minimum Gasteiger partial charge on any atom is -0.508 e. The fourth-order valence-corrected chi connectivity index (χ4v) is 3.50. The van der Waals surface area contributed by atoms with Gasteiger partial charge in [-0.05, 0) is 60.4 Å². The van der Waals surface area contributed by atoms with Gasteiger partial charge in [-0.25, -0.2) is 0 Å². The molecule has 0 aromatic heterocycles. The van der Waals surface area contributed by atoms with E-state index in [9.17, 15) is 19.8 Å². The zero-order valence-corrected chi connectivity index (χ0v) is 17.4. The van der Waals surface area contributed by atoms with Crippen LogP contribution in [-0.2, 0) is 17.7 Å². The number of hydrogen-bond donors (Lipinski definition) is 4. The van der Waals surface area contributed by atoms with Crippen LogP contribution in [0.15, 0.2) is 42.5 Å². The first-order valence-corrected chi connectivity index (χ1v) is 10.4. The van der Waals surface area contributed by atoms with Crippen LogP contribution in [0.1, 0.15) is 38.3 Å². The van der Waals surface area contributed by atoms with Gasteiger partial charge in [-0.2, -0.15) is 0 Å². The number of benzene rings is 2. The minimum absolute atomic E-state index is 0.0724. The van der Waals surface area contributed by atoms with Gasteiger partial charge in [0.1, 0.15) is 5.75 Å². The van der Waals surface area contributed by atoms with Crippen LogP contribution >= 0.6 is 0 Å². The van der Waals surface area contributed by atoms with E-state index in [1.165, 1.54) is 0 Å². The second-order valence-corrected chi connectivity index (χ2v) is 7.54. The van der Waals surface area contributed by atoms with Crippen molar-refractivity contribution in [3.63, 3.8) is 0 Å². The Bertz CT molecular complexity index is 895. The average molecular weight is 428 g/mol. The molecule has 2 aromatic rings. The van der Waals surface area contributed by atoms with E-state index in [1.807, 2.05) is 0 Å². The van der Waals surface area contributed by atoms with Gasteiger partial charge in [-0.3, -0.25) is 9.59 Å². The van der Waals surface area contributed by atoms with E-state index in [-0.39, 0.29) is 24.1 Å². The summed E-state index contributed by atoms with van der Waals surface area (Å²) in [4.78, 5) is 26.6. The Hall–Kier alpha value is -2.94. The molecule has 1 heterocycles. The molecule has 0 aliphatic carbocycles. The first-order valence-electron chi connectivity index (χ1n) is 10.4. The molecule has 1 fully saturated rings. The summed E-state index contributed by atoms with van der Waals surface area (Å²) in [7, 11) is 0. The third-order valence-corrected chi connectivity index (χ3v) is 5.35. The van der Waals surface area contributed by atoms with E-state index in [1.54, 1.807) is 47.4 Å². The Morgan fingerprint density at radius 3 is 2.42 bits per heavy atom. The maximum atomic E-state index is 12.5. The molecular weight excluding hydrogens is 398 g/mol. The van der Waals surface area contributed by atoms with Crippen LogP contribution in [-0.4, -0.2) is 65.9 Å². The number of aryl methyl sites for hydroxylation is 1. The number of nitrogens with two attached hydrogens (primary N) is 1. The van der Waals surface area contributed by atoms with Crippen LogP contribution in [0, 0.1) is 0 Å². The number of nitrogens with one attached hydrogen (secondary N) is 1. The smallest absolute Gasteiger partial charge is 0.254 e. The summed E-state index contributed by atoms with van der Waals surface area (Å²) in [5.74, 6) is -0.219. The summed E-state index contributed by atoms with van der Waals surface area (Å²) in [6.45, 7) is 2.62. The summed E-state index contributed by atoms with van der Waals surface area (Å²) in [5.41, 5.74) is 8.46. The maximum absolute atomic E-state index is 12.5. The summed E-state index contributed by atoms with van der Waals surface area (Å²) in [6, 6.07) is 11.5. The van der Waals surface area contributed by atoms with Gasteiger partial charge in [-0.15, -0.1) is 0 Å². The highest BCUT2D eigenvalue weighted by molar-refractivity contribution is 5.97. The lowest BCUT2D eigenvalue weighted by Crippen LogP contribution is -2.40. The van der Waals surface area contributed by atoms with Gasteiger partial charge >= 0.3 is 0 Å². The molecule has 0 unspecified atom stereocenters. The van der Waals surface area contributed by atoms with E-state index < -0.39 is 6.10 Å². The molecule has 8 heteroatoms. The number of rotatable bonds is 8. The van der Waals surface area contributed by atoms with Crippen LogP contribution in [0.25, 0.3) is 0 Å². The van der Waals surface area contributed by atoms with Crippen molar-refractivity contribution in [2.24, 2.45) is 5.73 Å². The number of morpholine rings is 1. The Morgan fingerprint density at radius 1 is 1.06 bits per heavy atom. The topological polar surface area (TPSA) is 125 Å². The molecule has 1 aliphatic heterocycles. The normalized spacial score (nSPS) is 14.8. The first-order chi connectivity index (χ1) is 15.0. The molecule has 0 saturated carbocycles. The average Bonchev–Trinajstić information content (AvgIpc) is 2.81. The summed E-state index contributed by atoms with van der Waals surface area (Å²) >= 11 is 0. The quantitative estimate of drug-likeness (QED) is 0.499. The third-order valence-electron chi connectivity index (χ3n) is 5.35. The predicted octanol–water partition coefficient (Wildman–Crippen LogP) is 1.05. The van der Waals surface area contributed by atoms with Gasteiger partial charge in [0.15, 0.2) is 0 Å². The summed E-state index contributed by atoms with van der Waals surface area (Å²) in [6.07, 6.45) is 0.318. The lowest BCUT2D eigenvalue weighted by molar-refractivity contribution is 0.0303. The number of aliphatic hydroxyl groups is 1. The fourth-order valence-electron chi connectivity index (χ4n) is 3.50. The number of ether oxygens (including phenoxy) is 1. The molecule has 1 atom stereocenters. The zero-order chi connectivity index (χ0) is 22.2. The molecule has 2 amide bonds. The number of carbonyl (C=O) groups excluding carboxylic acids is 2. The van der Waals surface area contributed by atoms with Crippen LogP contribution in [0.4, 0.5) is 0 Å². The van der Waals surface area contributed by atoms with Crippen molar-refractivity contribution in [3.8, 4) is 5.75 Å². The molecular formula is C23H29N3O5. The molecule has 166 valence electrons. The number of amides is 2. The molecule has 2 aromatic carbocycles. The van der Waals surface area contributed by atoms with E-state index in [0.29, 0.717) is 56.8 Å². The number of phenolic OH excluding ortho intramolecular Hbond substituents is 1. The lowest BCUT2D eigenvalue weighted by Gasteiger charge is -2.26. The molecule has 0 spiro atoms. The fraction of sp³-hybridized carbons (Fsp3) is 0.391. The predicted molar refractivity (Wildman–Crippen MR) is 116 cm³/mol. The number of aliphatic hydroxyl groups excluding tert-OH is 1. The largest absolute Gasteiger partial charge is 0.508 e. The number of hydrogen-bond acceptors (Lipinski definition) is 6. The van der Waals surface area contributed by atoms with E-state index in [2.05, 4.69) is 5.32 Å². The molecule has 31 heavy (non-hydrogen) atoms. The second kappa shape index (κ2) is 10.9. The van der Waals surface area contributed by atoms with Crippen molar-refractivity contribution < 1.29 is 24.5 Å². The highest BCUT2D eigenvalue weighted by atomic mass is 16.5. The highest BCUT2D eigenvalue weighted by Gasteiger charge is 2.19. The Kier molecular flexibility index (Phi) is 8.00. The van der Waals surface area contributed by atoms with Gasteiger partial charge in [0.2, 0.25) is 0 Å². The van der Waals surface area contributed by atoms with Gasteiger partial charge in [-0.1, -0.05) is 6.07 Å². The van der Waals surface area contributed by atoms with Crippen molar-refractivity contribution in [2.45, 2.75) is 25.5 Å². The van der Waals surface area contributed by atoms with Gasteiger partial charge in [0, 0.05) is 37.3 Å². The molecule has 1 saturated heterocycles. The SMILES string of the molecule is NCc1cc(O)ccc1CC[C@H](O)CNC(=O)c1ccc(C(=O)N2CCOCC2)cc1. The number of phenols is 1. The van der Waals surface area contributed by atoms with Crippen molar-refractivity contribution in [2.75, 3.05) is 32.8 Å². The highest BCUT2D eigenvalue weighted by Crippen LogP contribution is 2.18. The first kappa shape index (κ1) is 22.7. The van der Waals surface area contributed by atoms with E-state index >= 15 is 0 Å². The molecule has 5 N–H and O–H groups in total. The summed E-state index contributed by atoms with van der Waals surface area (Å²) in [5, 5.41) is 22.5. The summed E-state index contributed by atoms with van der Waals surface area (Å²) < 4.78 is 5.26. The van der Waals surface area contributed by atoms with Gasteiger partial charge in [0.25, 0.3) is 11.8 Å². The van der Waals surface area contributed by atoms with Crippen molar-refractivity contribution in [3.05, 3.63) is 64.7 Å². The van der Waals surface area contributed by atoms with Crippen molar-refractivity contribution in [1.82, 2.24) is 10.2 Å². The number of aromatic hydroxyl groups is 1. The monoisotopic (exact) mass is 427 g/mol. The van der Waals surface area contributed by atoms with Crippen molar-refractivity contribution in [1.29, 1.82) is 0 Å². The maximum Gasteiger partial charge on any atom is 0.254 e. The Labute approximate surface area is 181 Å².